The fraction of sp³-hybridized carbons (Fsp3) is 0.933. The van der Waals surface area contributed by atoms with Crippen LogP contribution in [0, 0.1) is 0 Å². The summed E-state index contributed by atoms with van der Waals surface area (Å²) in [5.74, 6) is 0.762. The molecule has 0 spiro atoms. The van der Waals surface area contributed by atoms with Gasteiger partial charge in [0, 0.05) is 6.42 Å². The Morgan fingerprint density at radius 1 is 0.737 bits per heavy atom. The highest BCUT2D eigenvalue weighted by atomic mass is 32.1. The fourth-order valence-corrected chi connectivity index (χ4v) is 2.44. The monoisotopic (exact) mass is 289 g/mol. The van der Waals surface area contributed by atoms with Crippen molar-refractivity contribution in [2.45, 2.75) is 83.5 Å². The van der Waals surface area contributed by atoms with Crippen LogP contribution >= 0.6 is 12.6 Å². The van der Waals surface area contributed by atoms with E-state index in [1.807, 2.05) is 0 Å². The first-order valence-electron chi connectivity index (χ1n) is 7.85. The summed E-state index contributed by atoms with van der Waals surface area (Å²) in [7, 11) is 0. The van der Waals surface area contributed by atoms with Gasteiger partial charge in [-0.15, -0.1) is 0 Å². The van der Waals surface area contributed by atoms with Gasteiger partial charge in [-0.1, -0.05) is 64.2 Å². The van der Waals surface area contributed by atoms with Crippen molar-refractivity contribution < 1.29 is 10.0 Å². The van der Waals surface area contributed by atoms with Crippen molar-refractivity contribution in [1.82, 2.24) is 5.48 Å². The van der Waals surface area contributed by atoms with Crippen molar-refractivity contribution in [1.29, 1.82) is 0 Å². The maximum absolute atomic E-state index is 10.7. The van der Waals surface area contributed by atoms with Crippen LogP contribution in [0.5, 0.6) is 0 Å². The topological polar surface area (TPSA) is 49.3 Å². The largest absolute Gasteiger partial charge is 0.289 e. The van der Waals surface area contributed by atoms with Crippen LogP contribution in [0.15, 0.2) is 0 Å². The summed E-state index contributed by atoms with van der Waals surface area (Å²) in [5, 5.41) is 8.32. The number of hydroxylamine groups is 1. The summed E-state index contributed by atoms with van der Waals surface area (Å²) in [6.07, 6.45) is 15.7. The molecule has 0 unspecified atom stereocenters. The van der Waals surface area contributed by atoms with Crippen molar-refractivity contribution in [2.75, 3.05) is 5.75 Å². The van der Waals surface area contributed by atoms with Crippen LogP contribution in [-0.2, 0) is 4.79 Å². The van der Waals surface area contributed by atoms with Gasteiger partial charge in [-0.3, -0.25) is 10.0 Å². The normalized spacial score (nSPS) is 10.6. The van der Waals surface area contributed by atoms with Gasteiger partial charge in [-0.2, -0.15) is 12.6 Å². The molecule has 0 saturated carbocycles. The Kier molecular flexibility index (Phi) is 15.7. The van der Waals surface area contributed by atoms with Crippen molar-refractivity contribution in [3.05, 3.63) is 0 Å². The van der Waals surface area contributed by atoms with E-state index >= 15 is 0 Å². The van der Waals surface area contributed by atoms with Crippen LogP contribution in [0.1, 0.15) is 83.5 Å². The summed E-state index contributed by atoms with van der Waals surface area (Å²) < 4.78 is 0. The summed E-state index contributed by atoms with van der Waals surface area (Å²) >= 11 is 4.21. The third-order valence-corrected chi connectivity index (χ3v) is 3.75. The maximum atomic E-state index is 10.7. The van der Waals surface area contributed by atoms with Crippen LogP contribution in [-0.4, -0.2) is 16.9 Å². The first kappa shape index (κ1) is 18.8. The van der Waals surface area contributed by atoms with E-state index in [4.69, 9.17) is 5.21 Å². The molecule has 0 aliphatic carbocycles. The van der Waals surface area contributed by atoms with Crippen molar-refractivity contribution in [3.63, 3.8) is 0 Å². The van der Waals surface area contributed by atoms with Crippen molar-refractivity contribution in [3.8, 4) is 0 Å². The number of amides is 1. The lowest BCUT2D eigenvalue weighted by atomic mass is 10.0. The molecule has 2 N–H and O–H groups in total. The highest BCUT2D eigenvalue weighted by Gasteiger charge is 1.98. The second-order valence-electron chi connectivity index (χ2n) is 5.25. The lowest BCUT2D eigenvalue weighted by Crippen LogP contribution is -2.17. The first-order chi connectivity index (χ1) is 9.31. The van der Waals surface area contributed by atoms with Gasteiger partial charge < -0.3 is 0 Å². The number of hydrogen-bond donors (Lipinski definition) is 3. The van der Waals surface area contributed by atoms with Gasteiger partial charge in [-0.25, -0.2) is 5.48 Å². The molecule has 0 radical (unpaired) electrons. The van der Waals surface area contributed by atoms with Gasteiger partial charge in [0.05, 0.1) is 0 Å². The number of thiol groups is 1. The van der Waals surface area contributed by atoms with Crippen LogP contribution in [0.25, 0.3) is 0 Å². The molecule has 0 bridgehead atoms. The van der Waals surface area contributed by atoms with Crippen LogP contribution < -0.4 is 5.48 Å². The van der Waals surface area contributed by atoms with Gasteiger partial charge in [0.25, 0.3) is 0 Å². The van der Waals surface area contributed by atoms with Gasteiger partial charge in [0.15, 0.2) is 0 Å². The molecule has 0 rings (SSSR count). The molecule has 0 heterocycles. The van der Waals surface area contributed by atoms with Crippen molar-refractivity contribution >= 4 is 18.5 Å². The van der Waals surface area contributed by atoms with Gasteiger partial charge in [-0.05, 0) is 18.6 Å². The molecular weight excluding hydrogens is 258 g/mol. The third kappa shape index (κ3) is 15.7. The smallest absolute Gasteiger partial charge is 0.243 e. The number of carbonyl (C=O) groups excluding carboxylic acids is 1. The van der Waals surface area contributed by atoms with Crippen LogP contribution in [0.2, 0.25) is 0 Å². The molecule has 0 saturated heterocycles. The van der Waals surface area contributed by atoms with E-state index < -0.39 is 0 Å². The molecule has 1 amide bonds. The van der Waals surface area contributed by atoms with E-state index in [2.05, 4.69) is 12.6 Å². The molecule has 0 aromatic carbocycles. The number of unbranched alkanes of at least 4 members (excludes halogenated alkanes) is 11. The maximum Gasteiger partial charge on any atom is 0.243 e. The van der Waals surface area contributed by atoms with Crippen molar-refractivity contribution in [2.24, 2.45) is 0 Å². The van der Waals surface area contributed by atoms with Crippen LogP contribution in [0.3, 0.4) is 0 Å². The molecule has 4 heteroatoms. The molecule has 114 valence electrons. The molecule has 19 heavy (non-hydrogen) atoms. The van der Waals surface area contributed by atoms with E-state index in [0.717, 1.165) is 18.6 Å². The number of carbonyl (C=O) groups is 1. The van der Waals surface area contributed by atoms with E-state index in [0.29, 0.717) is 6.42 Å². The van der Waals surface area contributed by atoms with Crippen LogP contribution in [0.4, 0.5) is 0 Å². The highest BCUT2D eigenvalue weighted by Crippen LogP contribution is 2.12. The summed E-state index contributed by atoms with van der Waals surface area (Å²) in [4.78, 5) is 10.7. The van der Waals surface area contributed by atoms with E-state index in [1.54, 1.807) is 5.48 Å². The zero-order chi connectivity index (χ0) is 14.2. The predicted molar refractivity (Wildman–Crippen MR) is 83.8 cm³/mol. The Balaban J connectivity index is 2.97. The standard InChI is InChI=1S/C15H31NO2S/c17-15(16-18)13-11-9-7-5-3-1-2-4-6-8-10-12-14-19/h18-19H,1-14H2,(H,16,17). The molecular formula is C15H31NO2S. The molecule has 0 aromatic rings. The van der Waals surface area contributed by atoms with Gasteiger partial charge >= 0.3 is 0 Å². The first-order valence-corrected chi connectivity index (χ1v) is 8.48. The molecule has 0 aliphatic heterocycles. The Bertz CT molecular complexity index is 201. The number of rotatable bonds is 14. The third-order valence-electron chi connectivity index (χ3n) is 3.44. The Morgan fingerprint density at radius 3 is 1.47 bits per heavy atom. The SMILES string of the molecule is O=C(CCCCCCCCCCCCCCS)NO. The highest BCUT2D eigenvalue weighted by molar-refractivity contribution is 7.80. The summed E-state index contributed by atoms with van der Waals surface area (Å²) in [5.41, 5.74) is 1.67. The predicted octanol–water partition coefficient (Wildman–Crippen LogP) is 4.49. The molecule has 0 aliphatic rings. The lowest BCUT2D eigenvalue weighted by Gasteiger charge is -2.02. The van der Waals surface area contributed by atoms with E-state index in [9.17, 15) is 4.79 Å². The molecule has 0 atom stereocenters. The summed E-state index contributed by atoms with van der Waals surface area (Å²) in [6, 6.07) is 0. The Hall–Kier alpha value is -0.220. The van der Waals surface area contributed by atoms with E-state index in [-0.39, 0.29) is 5.91 Å². The van der Waals surface area contributed by atoms with Gasteiger partial charge in [0.2, 0.25) is 5.91 Å². The molecule has 3 nitrogen and oxygen atoms in total. The molecule has 0 aromatic heterocycles. The Labute approximate surface area is 123 Å². The average Bonchev–Trinajstić information content (AvgIpc) is 2.43. The Morgan fingerprint density at radius 2 is 1.11 bits per heavy atom. The number of nitrogens with one attached hydrogen (secondary N) is 1. The average molecular weight is 289 g/mol. The lowest BCUT2D eigenvalue weighted by molar-refractivity contribution is -0.129. The quantitative estimate of drug-likeness (QED) is 0.191. The second-order valence-corrected chi connectivity index (χ2v) is 5.70. The van der Waals surface area contributed by atoms with E-state index in [1.165, 1.54) is 64.2 Å². The minimum atomic E-state index is -0.266. The summed E-state index contributed by atoms with van der Waals surface area (Å²) in [6.45, 7) is 0. The minimum absolute atomic E-state index is 0.266. The zero-order valence-electron chi connectivity index (χ0n) is 12.2. The molecule has 0 fully saturated rings. The minimum Gasteiger partial charge on any atom is -0.289 e. The van der Waals surface area contributed by atoms with Gasteiger partial charge in [0.1, 0.15) is 0 Å². The fourth-order valence-electron chi connectivity index (χ4n) is 2.22. The second kappa shape index (κ2) is 15.8. The zero-order valence-corrected chi connectivity index (χ0v) is 13.1. The number of hydrogen-bond acceptors (Lipinski definition) is 3.